The van der Waals surface area contributed by atoms with Gasteiger partial charge >= 0.3 is 0 Å². The quantitative estimate of drug-likeness (QED) is 0.569. The van der Waals surface area contributed by atoms with Gasteiger partial charge in [0, 0.05) is 5.56 Å². The number of carbonyl (C=O) groups excluding carboxylic acids is 1. The number of carbonyl (C=O) groups is 1. The zero-order valence-corrected chi connectivity index (χ0v) is 14.9. The Balaban J connectivity index is 1.64. The van der Waals surface area contributed by atoms with Crippen molar-refractivity contribution in [2.75, 3.05) is 7.11 Å². The molecule has 6 heteroatoms. The summed E-state index contributed by atoms with van der Waals surface area (Å²) >= 11 is 0. The molecule has 4 rings (SSSR count). The Morgan fingerprint density at radius 3 is 2.67 bits per heavy atom. The summed E-state index contributed by atoms with van der Waals surface area (Å²) in [5.74, 6) is 2.13. The van der Waals surface area contributed by atoms with Gasteiger partial charge in [-0.25, -0.2) is 4.98 Å². The molecule has 2 aromatic heterocycles. The summed E-state index contributed by atoms with van der Waals surface area (Å²) in [5.41, 5.74) is 2.68. The Kier molecular flexibility index (Phi) is 4.61. The molecule has 2 aromatic carbocycles. The lowest BCUT2D eigenvalue weighted by Crippen LogP contribution is -2.27. The molecule has 1 N–H and O–H groups in total. The summed E-state index contributed by atoms with van der Waals surface area (Å²) in [6, 6.07) is 19.1. The van der Waals surface area contributed by atoms with Crippen LogP contribution < -0.4 is 10.1 Å². The lowest BCUT2D eigenvalue weighted by Gasteiger charge is -2.10. The summed E-state index contributed by atoms with van der Waals surface area (Å²) in [6.45, 7) is 0.527. The van der Waals surface area contributed by atoms with Crippen molar-refractivity contribution >= 4 is 16.9 Å². The average Bonchev–Trinajstić information content (AvgIpc) is 3.35. The molecule has 1 amide bonds. The predicted octanol–water partition coefficient (Wildman–Crippen LogP) is 3.62. The average molecular weight is 361 g/mol. The molecule has 0 bridgehead atoms. The number of para-hydroxylation sites is 2. The molecule has 0 aliphatic rings. The highest BCUT2D eigenvalue weighted by molar-refractivity contribution is 5.84. The molecule has 136 valence electrons. The molecule has 6 nitrogen and oxygen atoms in total. The number of ether oxygens (including phenoxy) is 1. The third-order valence-electron chi connectivity index (χ3n) is 4.34. The molecule has 0 saturated heterocycles. The third-order valence-corrected chi connectivity index (χ3v) is 4.34. The summed E-state index contributed by atoms with van der Waals surface area (Å²) in [6.07, 6.45) is 1.59. The second-order valence-electron chi connectivity index (χ2n) is 6.09. The van der Waals surface area contributed by atoms with Crippen molar-refractivity contribution in [2.45, 2.75) is 13.1 Å². The van der Waals surface area contributed by atoms with E-state index < -0.39 is 0 Å². The van der Waals surface area contributed by atoms with Crippen molar-refractivity contribution in [1.29, 1.82) is 0 Å². The highest BCUT2D eigenvalue weighted by atomic mass is 16.5. The van der Waals surface area contributed by atoms with Crippen LogP contribution >= 0.6 is 0 Å². The van der Waals surface area contributed by atoms with Crippen molar-refractivity contribution in [2.24, 2.45) is 0 Å². The number of nitrogens with one attached hydrogen (secondary N) is 1. The number of hydrogen-bond donors (Lipinski definition) is 1. The minimum absolute atomic E-state index is 0.107. The number of methoxy groups -OCH3 is 1. The molecule has 0 atom stereocenters. The van der Waals surface area contributed by atoms with Gasteiger partial charge in [0.05, 0.1) is 31.0 Å². The number of furan rings is 1. The van der Waals surface area contributed by atoms with Gasteiger partial charge in [-0.2, -0.15) is 0 Å². The minimum atomic E-state index is -0.107. The van der Waals surface area contributed by atoms with E-state index in [1.807, 2.05) is 59.2 Å². The maximum absolute atomic E-state index is 12.5. The zero-order valence-electron chi connectivity index (χ0n) is 14.9. The largest absolute Gasteiger partial charge is 0.497 e. The zero-order chi connectivity index (χ0) is 18.6. The maximum Gasteiger partial charge on any atom is 0.240 e. The molecule has 4 aromatic rings. The van der Waals surface area contributed by atoms with Crippen molar-refractivity contribution in [3.8, 4) is 17.1 Å². The van der Waals surface area contributed by atoms with Crippen LogP contribution in [0.5, 0.6) is 5.75 Å². The molecule has 0 aliphatic heterocycles. The number of nitrogens with zero attached hydrogens (tertiary/aromatic N) is 2. The fraction of sp³-hybridized carbons (Fsp3) is 0.143. The first-order valence-corrected chi connectivity index (χ1v) is 8.63. The van der Waals surface area contributed by atoms with E-state index in [4.69, 9.17) is 14.1 Å². The molecule has 0 radical (unpaired) electrons. The number of rotatable bonds is 6. The van der Waals surface area contributed by atoms with E-state index in [1.165, 1.54) is 0 Å². The highest BCUT2D eigenvalue weighted by Gasteiger charge is 2.15. The predicted molar refractivity (Wildman–Crippen MR) is 102 cm³/mol. The van der Waals surface area contributed by atoms with Crippen LogP contribution in [0, 0.1) is 0 Å². The van der Waals surface area contributed by atoms with Crippen molar-refractivity contribution in [1.82, 2.24) is 14.9 Å². The maximum atomic E-state index is 12.5. The van der Waals surface area contributed by atoms with Gasteiger partial charge in [0.2, 0.25) is 5.91 Å². The first kappa shape index (κ1) is 16.9. The van der Waals surface area contributed by atoms with Crippen molar-refractivity contribution in [3.05, 3.63) is 72.7 Å². The van der Waals surface area contributed by atoms with Crippen LogP contribution in [0.4, 0.5) is 0 Å². The van der Waals surface area contributed by atoms with Crippen LogP contribution in [-0.4, -0.2) is 22.6 Å². The molecular formula is C21H19N3O3. The van der Waals surface area contributed by atoms with Gasteiger partial charge in [0.25, 0.3) is 0 Å². The van der Waals surface area contributed by atoms with Crippen LogP contribution in [0.15, 0.2) is 71.3 Å². The van der Waals surface area contributed by atoms with Crippen LogP contribution in [0.1, 0.15) is 5.76 Å². The third kappa shape index (κ3) is 3.55. The van der Waals surface area contributed by atoms with Crippen molar-refractivity contribution in [3.63, 3.8) is 0 Å². The molecular weight excluding hydrogens is 342 g/mol. The smallest absolute Gasteiger partial charge is 0.240 e. The molecule has 0 unspecified atom stereocenters. The topological polar surface area (TPSA) is 69.3 Å². The van der Waals surface area contributed by atoms with Crippen molar-refractivity contribution < 1.29 is 13.9 Å². The summed E-state index contributed by atoms with van der Waals surface area (Å²) in [4.78, 5) is 17.2. The standard InChI is InChI=1S/C21H19N3O3/c1-26-16-10-8-15(9-11-16)21-23-18-6-2-3-7-19(18)24(21)14-20(25)22-13-17-5-4-12-27-17/h2-12H,13-14H2,1H3,(H,22,25). The van der Waals surface area contributed by atoms with E-state index in [2.05, 4.69) is 5.32 Å². The Hall–Kier alpha value is -3.54. The lowest BCUT2D eigenvalue weighted by molar-refractivity contribution is -0.121. The van der Waals surface area contributed by atoms with Gasteiger partial charge in [0.1, 0.15) is 23.9 Å². The number of amides is 1. The Morgan fingerprint density at radius 1 is 1.11 bits per heavy atom. The van der Waals surface area contributed by atoms with Gasteiger partial charge in [-0.3, -0.25) is 4.79 Å². The number of fused-ring (bicyclic) bond motifs is 1. The summed E-state index contributed by atoms with van der Waals surface area (Å²) < 4.78 is 12.4. The normalized spacial score (nSPS) is 10.9. The van der Waals surface area contributed by atoms with E-state index >= 15 is 0 Å². The fourth-order valence-electron chi connectivity index (χ4n) is 2.99. The van der Waals surface area contributed by atoms with E-state index in [-0.39, 0.29) is 12.5 Å². The van der Waals surface area contributed by atoms with E-state index in [0.29, 0.717) is 12.3 Å². The van der Waals surface area contributed by atoms with E-state index in [0.717, 1.165) is 28.2 Å². The number of aromatic nitrogens is 2. The van der Waals surface area contributed by atoms with Crippen LogP contribution in [0.2, 0.25) is 0 Å². The monoisotopic (exact) mass is 361 g/mol. The first-order chi connectivity index (χ1) is 13.2. The van der Waals surface area contributed by atoms with Crippen LogP contribution in [-0.2, 0) is 17.9 Å². The van der Waals surface area contributed by atoms with E-state index in [1.54, 1.807) is 19.4 Å². The lowest BCUT2D eigenvalue weighted by atomic mass is 10.2. The SMILES string of the molecule is COc1ccc(-c2nc3ccccc3n2CC(=O)NCc2ccco2)cc1. The van der Waals surface area contributed by atoms with Crippen LogP contribution in [0.3, 0.4) is 0 Å². The molecule has 0 fully saturated rings. The molecule has 0 aliphatic carbocycles. The second-order valence-corrected chi connectivity index (χ2v) is 6.09. The van der Waals surface area contributed by atoms with Crippen LogP contribution in [0.25, 0.3) is 22.4 Å². The van der Waals surface area contributed by atoms with E-state index in [9.17, 15) is 4.79 Å². The molecule has 2 heterocycles. The first-order valence-electron chi connectivity index (χ1n) is 8.63. The Bertz CT molecular complexity index is 1050. The summed E-state index contributed by atoms with van der Waals surface area (Å²) in [5, 5.41) is 2.88. The minimum Gasteiger partial charge on any atom is -0.497 e. The van der Waals surface area contributed by atoms with Gasteiger partial charge in [-0.15, -0.1) is 0 Å². The number of imidazole rings is 1. The Labute approximate surface area is 156 Å². The second kappa shape index (κ2) is 7.37. The fourth-order valence-corrected chi connectivity index (χ4v) is 2.99. The van der Waals surface area contributed by atoms with Gasteiger partial charge in [-0.05, 0) is 48.5 Å². The summed E-state index contributed by atoms with van der Waals surface area (Å²) in [7, 11) is 1.63. The molecule has 27 heavy (non-hydrogen) atoms. The molecule has 0 spiro atoms. The number of benzene rings is 2. The van der Waals surface area contributed by atoms with Gasteiger partial charge in [-0.1, -0.05) is 12.1 Å². The van der Waals surface area contributed by atoms with Gasteiger partial charge < -0.3 is 19.0 Å². The molecule has 0 saturated carbocycles. The van der Waals surface area contributed by atoms with Gasteiger partial charge in [0.15, 0.2) is 0 Å². The highest BCUT2D eigenvalue weighted by Crippen LogP contribution is 2.26. The Morgan fingerprint density at radius 2 is 1.93 bits per heavy atom. The number of hydrogen-bond acceptors (Lipinski definition) is 4.